The number of carbonyl (C=O) groups excluding carboxylic acids is 1. The Morgan fingerprint density at radius 3 is 2.67 bits per heavy atom. The fraction of sp³-hybridized carbons (Fsp3) is 0.545. The third kappa shape index (κ3) is 3.65. The van der Waals surface area contributed by atoms with Crippen molar-refractivity contribution in [1.82, 2.24) is 9.97 Å². The van der Waals surface area contributed by atoms with Gasteiger partial charge in [0.25, 0.3) is 0 Å². The van der Waals surface area contributed by atoms with Gasteiger partial charge in [0, 0.05) is 12.6 Å². The molecule has 0 bridgehead atoms. The van der Waals surface area contributed by atoms with E-state index in [1.54, 1.807) is 12.3 Å². The quantitative estimate of drug-likeness (QED) is 0.696. The fourth-order valence-electron chi connectivity index (χ4n) is 1.18. The molecule has 0 unspecified atom stereocenters. The zero-order valence-corrected chi connectivity index (χ0v) is 9.57. The minimum Gasteiger partial charge on any atom is -0.464 e. The van der Waals surface area contributed by atoms with Gasteiger partial charge in [0.15, 0.2) is 5.69 Å². The van der Waals surface area contributed by atoms with E-state index in [4.69, 9.17) is 0 Å². The van der Waals surface area contributed by atoms with Gasteiger partial charge in [-0.1, -0.05) is 20.8 Å². The van der Waals surface area contributed by atoms with Crippen molar-refractivity contribution < 1.29 is 9.53 Å². The van der Waals surface area contributed by atoms with Crippen LogP contribution < -0.4 is 0 Å². The van der Waals surface area contributed by atoms with E-state index < -0.39 is 5.97 Å². The van der Waals surface area contributed by atoms with Crippen molar-refractivity contribution in [2.24, 2.45) is 5.41 Å². The van der Waals surface area contributed by atoms with E-state index >= 15 is 0 Å². The molecule has 1 rings (SSSR count). The highest BCUT2D eigenvalue weighted by Crippen LogP contribution is 2.18. The summed E-state index contributed by atoms with van der Waals surface area (Å²) >= 11 is 0. The monoisotopic (exact) mass is 208 g/mol. The Hall–Kier alpha value is -1.45. The smallest absolute Gasteiger partial charge is 0.356 e. The first-order chi connectivity index (χ1) is 6.92. The summed E-state index contributed by atoms with van der Waals surface area (Å²) in [6.07, 6.45) is 2.32. The van der Waals surface area contributed by atoms with Gasteiger partial charge in [-0.25, -0.2) is 14.8 Å². The number of nitrogens with zero attached hydrogens (tertiary/aromatic N) is 2. The van der Waals surface area contributed by atoms with Gasteiger partial charge in [-0.2, -0.15) is 0 Å². The maximum atomic E-state index is 11.2. The van der Waals surface area contributed by atoms with Crippen LogP contribution in [0.1, 0.15) is 37.1 Å². The molecular weight excluding hydrogens is 192 g/mol. The molecule has 0 aromatic carbocycles. The van der Waals surface area contributed by atoms with E-state index in [9.17, 15) is 4.79 Å². The van der Waals surface area contributed by atoms with Gasteiger partial charge in [0.2, 0.25) is 0 Å². The van der Waals surface area contributed by atoms with E-state index in [1.165, 1.54) is 7.11 Å². The Morgan fingerprint density at radius 2 is 2.13 bits per heavy atom. The van der Waals surface area contributed by atoms with Crippen LogP contribution in [0.3, 0.4) is 0 Å². The minimum absolute atomic E-state index is 0.106. The van der Waals surface area contributed by atoms with Gasteiger partial charge in [-0.05, 0) is 11.5 Å². The molecule has 0 aliphatic carbocycles. The van der Waals surface area contributed by atoms with Crippen LogP contribution in [0, 0.1) is 5.41 Å². The van der Waals surface area contributed by atoms with E-state index in [0.717, 1.165) is 6.42 Å². The molecule has 0 amide bonds. The summed E-state index contributed by atoms with van der Waals surface area (Å²) in [4.78, 5) is 19.5. The summed E-state index contributed by atoms with van der Waals surface area (Å²) in [6, 6.07) is 1.55. The van der Waals surface area contributed by atoms with Gasteiger partial charge in [-0.15, -0.1) is 0 Å². The Labute approximate surface area is 89.7 Å². The average Bonchev–Trinajstić information content (AvgIpc) is 2.14. The lowest BCUT2D eigenvalue weighted by atomic mass is 9.92. The molecule has 4 nitrogen and oxygen atoms in total. The van der Waals surface area contributed by atoms with Gasteiger partial charge < -0.3 is 4.74 Å². The third-order valence-corrected chi connectivity index (χ3v) is 1.79. The molecule has 0 saturated heterocycles. The van der Waals surface area contributed by atoms with Gasteiger partial charge in [0.1, 0.15) is 5.82 Å². The lowest BCUT2D eigenvalue weighted by molar-refractivity contribution is 0.0593. The van der Waals surface area contributed by atoms with Crippen molar-refractivity contribution in [3.63, 3.8) is 0 Å². The second kappa shape index (κ2) is 4.38. The van der Waals surface area contributed by atoms with Gasteiger partial charge >= 0.3 is 5.97 Å². The normalized spacial score (nSPS) is 11.2. The van der Waals surface area contributed by atoms with Crippen LogP contribution in [0.15, 0.2) is 12.3 Å². The third-order valence-electron chi connectivity index (χ3n) is 1.79. The van der Waals surface area contributed by atoms with Crippen molar-refractivity contribution >= 4 is 5.97 Å². The molecule has 0 aliphatic rings. The van der Waals surface area contributed by atoms with Crippen molar-refractivity contribution in [2.75, 3.05) is 7.11 Å². The molecule has 0 spiro atoms. The fourth-order valence-corrected chi connectivity index (χ4v) is 1.18. The zero-order chi connectivity index (χ0) is 11.5. The van der Waals surface area contributed by atoms with Crippen LogP contribution in [0.25, 0.3) is 0 Å². The first-order valence-electron chi connectivity index (χ1n) is 4.82. The summed E-state index contributed by atoms with van der Waals surface area (Å²) in [6.45, 7) is 6.30. The van der Waals surface area contributed by atoms with E-state index in [-0.39, 0.29) is 5.41 Å². The lowest BCUT2D eigenvalue weighted by Gasteiger charge is -2.16. The summed E-state index contributed by atoms with van der Waals surface area (Å²) in [5.74, 6) is 0.248. The summed E-state index contributed by atoms with van der Waals surface area (Å²) in [5.41, 5.74) is 0.418. The van der Waals surface area contributed by atoms with Crippen molar-refractivity contribution in [1.29, 1.82) is 0 Å². The van der Waals surface area contributed by atoms with E-state index in [1.807, 2.05) is 0 Å². The van der Waals surface area contributed by atoms with Crippen LogP contribution in [-0.4, -0.2) is 23.0 Å². The maximum absolute atomic E-state index is 11.2. The molecule has 4 heteroatoms. The topological polar surface area (TPSA) is 52.1 Å². The molecule has 1 aromatic heterocycles. The molecule has 82 valence electrons. The summed E-state index contributed by atoms with van der Waals surface area (Å²) < 4.78 is 4.59. The molecule has 0 N–H and O–H groups in total. The number of ether oxygens (including phenoxy) is 1. The summed E-state index contributed by atoms with van der Waals surface area (Å²) in [5, 5.41) is 0. The van der Waals surface area contributed by atoms with Crippen LogP contribution in [0.5, 0.6) is 0 Å². The second-order valence-corrected chi connectivity index (χ2v) is 4.59. The number of hydrogen-bond donors (Lipinski definition) is 0. The molecule has 0 saturated carbocycles. The maximum Gasteiger partial charge on any atom is 0.356 e. The van der Waals surface area contributed by atoms with E-state index in [2.05, 4.69) is 35.5 Å². The predicted molar refractivity (Wildman–Crippen MR) is 56.5 cm³/mol. The molecule has 0 fully saturated rings. The largest absolute Gasteiger partial charge is 0.464 e. The predicted octanol–water partition coefficient (Wildman–Crippen LogP) is 1.85. The molecular formula is C11H16N2O2. The highest BCUT2D eigenvalue weighted by atomic mass is 16.5. The Bertz CT molecular complexity index is 356. The molecule has 0 radical (unpaired) electrons. The molecule has 1 heterocycles. The Morgan fingerprint density at radius 1 is 1.47 bits per heavy atom. The molecule has 0 aliphatic heterocycles. The van der Waals surface area contributed by atoms with Crippen molar-refractivity contribution in [3.05, 3.63) is 23.8 Å². The lowest BCUT2D eigenvalue weighted by Crippen LogP contribution is -2.14. The number of rotatable bonds is 2. The first kappa shape index (κ1) is 11.6. The SMILES string of the molecule is COC(=O)c1ccnc(CC(C)(C)C)n1. The Balaban J connectivity index is 2.88. The second-order valence-electron chi connectivity index (χ2n) is 4.59. The van der Waals surface area contributed by atoms with Gasteiger partial charge in [-0.3, -0.25) is 0 Å². The first-order valence-corrected chi connectivity index (χ1v) is 4.82. The standard InChI is InChI=1S/C11H16N2O2/c1-11(2,3)7-9-12-6-5-8(13-9)10(14)15-4/h5-6H,7H2,1-4H3. The van der Waals surface area contributed by atoms with Crippen LogP contribution in [-0.2, 0) is 11.2 Å². The molecule has 1 aromatic rings. The highest BCUT2D eigenvalue weighted by Gasteiger charge is 2.15. The Kier molecular flexibility index (Phi) is 3.39. The number of methoxy groups -OCH3 is 1. The van der Waals surface area contributed by atoms with Gasteiger partial charge in [0.05, 0.1) is 7.11 Å². The molecule has 0 atom stereocenters. The zero-order valence-electron chi connectivity index (χ0n) is 9.57. The molecule has 15 heavy (non-hydrogen) atoms. The number of carbonyl (C=O) groups is 1. The average molecular weight is 208 g/mol. The van der Waals surface area contributed by atoms with Crippen LogP contribution in [0.2, 0.25) is 0 Å². The highest BCUT2D eigenvalue weighted by molar-refractivity contribution is 5.86. The number of esters is 1. The number of hydrogen-bond acceptors (Lipinski definition) is 4. The van der Waals surface area contributed by atoms with Crippen LogP contribution in [0.4, 0.5) is 0 Å². The van der Waals surface area contributed by atoms with Crippen molar-refractivity contribution in [2.45, 2.75) is 27.2 Å². The van der Waals surface area contributed by atoms with E-state index in [0.29, 0.717) is 11.5 Å². The van der Waals surface area contributed by atoms with Crippen LogP contribution >= 0.6 is 0 Å². The minimum atomic E-state index is -0.424. The number of aromatic nitrogens is 2. The van der Waals surface area contributed by atoms with Crippen molar-refractivity contribution in [3.8, 4) is 0 Å². The summed E-state index contributed by atoms with van der Waals surface area (Å²) in [7, 11) is 1.34.